The molecule has 120 valence electrons. The van der Waals surface area contributed by atoms with Gasteiger partial charge in [0.1, 0.15) is 5.76 Å². The zero-order valence-corrected chi connectivity index (χ0v) is 13.0. The number of likely N-dealkylation sites (tertiary alicyclic amines) is 1. The van der Waals surface area contributed by atoms with Crippen LogP contribution in [0.4, 0.5) is 0 Å². The fourth-order valence-corrected chi connectivity index (χ4v) is 2.76. The third-order valence-electron chi connectivity index (χ3n) is 4.02. The first kappa shape index (κ1) is 15.3. The van der Waals surface area contributed by atoms with E-state index in [1.807, 2.05) is 4.90 Å². The molecule has 0 unspecified atom stereocenters. The lowest BCUT2D eigenvalue weighted by molar-refractivity contribution is 0.0724. The number of nitrogens with one attached hydrogen (secondary N) is 1. The van der Waals surface area contributed by atoms with E-state index in [0.717, 1.165) is 25.9 Å². The average molecular weight is 312 g/mol. The second kappa shape index (κ2) is 7.13. The van der Waals surface area contributed by atoms with Crippen molar-refractivity contribution in [2.24, 2.45) is 0 Å². The molecule has 0 atom stereocenters. The molecule has 2 amide bonds. The number of amides is 2. The van der Waals surface area contributed by atoms with E-state index in [2.05, 4.69) is 5.32 Å². The number of benzene rings is 1. The molecule has 1 aromatic heterocycles. The third-order valence-corrected chi connectivity index (χ3v) is 4.02. The normalized spacial score (nSPS) is 14.5. The fraction of sp³-hybridized carbons (Fsp3) is 0.333. The van der Waals surface area contributed by atoms with Gasteiger partial charge < -0.3 is 14.6 Å². The Kier molecular flexibility index (Phi) is 4.76. The Hall–Kier alpha value is -2.56. The number of piperidine rings is 1. The molecular formula is C18H20N2O3. The molecule has 0 spiro atoms. The van der Waals surface area contributed by atoms with Gasteiger partial charge in [-0.3, -0.25) is 9.59 Å². The second-order valence-electron chi connectivity index (χ2n) is 5.70. The van der Waals surface area contributed by atoms with Crippen molar-refractivity contribution >= 4 is 11.8 Å². The van der Waals surface area contributed by atoms with Crippen LogP contribution in [0.25, 0.3) is 0 Å². The maximum Gasteiger partial charge on any atom is 0.253 e. The SMILES string of the molecule is O=C(NCc1ccco1)c1cccc(C(=O)N2CCCCC2)c1. The Morgan fingerprint density at radius 3 is 2.57 bits per heavy atom. The molecule has 5 heteroatoms. The van der Waals surface area contributed by atoms with Gasteiger partial charge in [-0.2, -0.15) is 0 Å². The van der Waals surface area contributed by atoms with Crippen LogP contribution in [-0.2, 0) is 6.54 Å². The van der Waals surface area contributed by atoms with E-state index in [4.69, 9.17) is 4.42 Å². The van der Waals surface area contributed by atoms with Gasteiger partial charge in [0.2, 0.25) is 0 Å². The van der Waals surface area contributed by atoms with Crippen LogP contribution >= 0.6 is 0 Å². The Bertz CT molecular complexity index is 673. The van der Waals surface area contributed by atoms with Crippen molar-refractivity contribution in [2.75, 3.05) is 13.1 Å². The molecule has 3 rings (SSSR count). The maximum atomic E-state index is 12.5. The summed E-state index contributed by atoms with van der Waals surface area (Å²) in [7, 11) is 0. The number of rotatable bonds is 4. The lowest BCUT2D eigenvalue weighted by atomic mass is 10.1. The molecule has 1 fully saturated rings. The van der Waals surface area contributed by atoms with Crippen molar-refractivity contribution in [3.63, 3.8) is 0 Å². The van der Waals surface area contributed by atoms with Crippen molar-refractivity contribution in [1.29, 1.82) is 0 Å². The number of carbonyl (C=O) groups excluding carboxylic acids is 2. The van der Waals surface area contributed by atoms with Crippen LogP contribution in [0.15, 0.2) is 47.1 Å². The number of hydrogen-bond acceptors (Lipinski definition) is 3. The molecule has 0 bridgehead atoms. The standard InChI is InChI=1S/C18H20N2O3/c21-17(19-13-16-8-5-11-23-16)14-6-4-7-15(12-14)18(22)20-9-2-1-3-10-20/h4-8,11-12H,1-3,9-10,13H2,(H,19,21). The first-order chi connectivity index (χ1) is 11.2. The predicted octanol–water partition coefficient (Wildman–Crippen LogP) is 2.84. The Balaban J connectivity index is 1.66. The minimum atomic E-state index is -0.213. The summed E-state index contributed by atoms with van der Waals surface area (Å²) in [6, 6.07) is 10.5. The van der Waals surface area contributed by atoms with E-state index in [1.165, 1.54) is 6.42 Å². The highest BCUT2D eigenvalue weighted by atomic mass is 16.3. The highest BCUT2D eigenvalue weighted by Crippen LogP contribution is 2.14. The van der Waals surface area contributed by atoms with Gasteiger partial charge in [-0.25, -0.2) is 0 Å². The zero-order valence-electron chi connectivity index (χ0n) is 13.0. The average Bonchev–Trinajstić information content (AvgIpc) is 3.13. The molecule has 1 aliphatic rings. The van der Waals surface area contributed by atoms with Gasteiger partial charge in [-0.05, 0) is 49.6 Å². The van der Waals surface area contributed by atoms with Crippen LogP contribution in [0.3, 0.4) is 0 Å². The van der Waals surface area contributed by atoms with Gasteiger partial charge in [0.05, 0.1) is 12.8 Å². The van der Waals surface area contributed by atoms with Crippen LogP contribution < -0.4 is 5.32 Å². The van der Waals surface area contributed by atoms with Crippen LogP contribution in [0, 0.1) is 0 Å². The van der Waals surface area contributed by atoms with Crippen molar-refractivity contribution in [3.8, 4) is 0 Å². The van der Waals surface area contributed by atoms with E-state index in [-0.39, 0.29) is 11.8 Å². The van der Waals surface area contributed by atoms with Crippen molar-refractivity contribution < 1.29 is 14.0 Å². The summed E-state index contributed by atoms with van der Waals surface area (Å²) in [6.45, 7) is 1.93. The van der Waals surface area contributed by atoms with Crippen molar-refractivity contribution in [3.05, 3.63) is 59.5 Å². The predicted molar refractivity (Wildman–Crippen MR) is 86.1 cm³/mol. The van der Waals surface area contributed by atoms with Gasteiger partial charge in [-0.1, -0.05) is 6.07 Å². The molecule has 1 aliphatic heterocycles. The third kappa shape index (κ3) is 3.80. The maximum absolute atomic E-state index is 12.5. The highest BCUT2D eigenvalue weighted by molar-refractivity contribution is 5.99. The van der Waals surface area contributed by atoms with Crippen LogP contribution in [0.1, 0.15) is 45.7 Å². The summed E-state index contributed by atoms with van der Waals surface area (Å²) in [6.07, 6.45) is 4.85. The molecule has 1 saturated heterocycles. The summed E-state index contributed by atoms with van der Waals surface area (Å²) in [5.74, 6) is 0.485. The lowest BCUT2D eigenvalue weighted by Gasteiger charge is -2.26. The molecular weight excluding hydrogens is 292 g/mol. The molecule has 0 radical (unpaired) electrons. The number of furan rings is 1. The summed E-state index contributed by atoms with van der Waals surface area (Å²) >= 11 is 0. The first-order valence-electron chi connectivity index (χ1n) is 7.94. The smallest absolute Gasteiger partial charge is 0.253 e. The zero-order chi connectivity index (χ0) is 16.1. The van der Waals surface area contributed by atoms with Crippen molar-refractivity contribution in [1.82, 2.24) is 10.2 Å². The van der Waals surface area contributed by atoms with Gasteiger partial charge >= 0.3 is 0 Å². The number of nitrogens with zero attached hydrogens (tertiary/aromatic N) is 1. The minimum Gasteiger partial charge on any atom is -0.467 e. The molecule has 5 nitrogen and oxygen atoms in total. The Labute approximate surface area is 135 Å². The molecule has 2 aromatic rings. The molecule has 2 heterocycles. The van der Waals surface area contributed by atoms with E-state index in [0.29, 0.717) is 23.4 Å². The number of carbonyl (C=O) groups is 2. The van der Waals surface area contributed by atoms with E-state index in [9.17, 15) is 9.59 Å². The molecule has 0 aliphatic carbocycles. The monoisotopic (exact) mass is 312 g/mol. The van der Waals surface area contributed by atoms with Gasteiger partial charge in [0, 0.05) is 24.2 Å². The Morgan fingerprint density at radius 1 is 1.04 bits per heavy atom. The van der Waals surface area contributed by atoms with E-state index >= 15 is 0 Å². The Morgan fingerprint density at radius 2 is 1.83 bits per heavy atom. The minimum absolute atomic E-state index is 0.00499. The molecule has 23 heavy (non-hydrogen) atoms. The van der Waals surface area contributed by atoms with E-state index in [1.54, 1.807) is 42.7 Å². The van der Waals surface area contributed by atoms with Gasteiger partial charge in [0.25, 0.3) is 11.8 Å². The first-order valence-corrected chi connectivity index (χ1v) is 7.94. The quantitative estimate of drug-likeness (QED) is 0.944. The van der Waals surface area contributed by atoms with E-state index < -0.39 is 0 Å². The lowest BCUT2D eigenvalue weighted by Crippen LogP contribution is -2.35. The summed E-state index contributed by atoms with van der Waals surface area (Å²) < 4.78 is 5.19. The highest BCUT2D eigenvalue weighted by Gasteiger charge is 2.19. The summed E-state index contributed by atoms with van der Waals surface area (Å²) in [4.78, 5) is 26.6. The molecule has 1 N–H and O–H groups in total. The fourth-order valence-electron chi connectivity index (χ4n) is 2.76. The van der Waals surface area contributed by atoms with Gasteiger partial charge in [0.15, 0.2) is 0 Å². The van der Waals surface area contributed by atoms with Crippen molar-refractivity contribution in [2.45, 2.75) is 25.8 Å². The molecule has 1 aromatic carbocycles. The second-order valence-corrected chi connectivity index (χ2v) is 5.70. The van der Waals surface area contributed by atoms with Gasteiger partial charge in [-0.15, -0.1) is 0 Å². The topological polar surface area (TPSA) is 62.6 Å². The largest absolute Gasteiger partial charge is 0.467 e. The summed E-state index contributed by atoms with van der Waals surface area (Å²) in [5.41, 5.74) is 1.05. The van der Waals surface area contributed by atoms with Crippen LogP contribution in [-0.4, -0.2) is 29.8 Å². The molecule has 0 saturated carbocycles. The number of hydrogen-bond donors (Lipinski definition) is 1. The van der Waals surface area contributed by atoms with Crippen LogP contribution in [0.2, 0.25) is 0 Å². The van der Waals surface area contributed by atoms with Crippen LogP contribution in [0.5, 0.6) is 0 Å². The summed E-state index contributed by atoms with van der Waals surface area (Å²) in [5, 5.41) is 2.79.